The van der Waals surface area contributed by atoms with Crippen molar-refractivity contribution in [2.75, 3.05) is 13.2 Å². The Hall–Kier alpha value is -1.01. The Morgan fingerprint density at radius 3 is 1.75 bits per heavy atom. The molecule has 0 aromatic heterocycles. The van der Waals surface area contributed by atoms with Crippen LogP contribution >= 0.6 is 0 Å². The average molecular weight is 288 g/mol. The highest BCUT2D eigenvalue weighted by atomic mass is 19.2. The summed E-state index contributed by atoms with van der Waals surface area (Å²) in [5.74, 6) is -3.94. The van der Waals surface area contributed by atoms with Gasteiger partial charge in [-0.15, -0.1) is 0 Å². The van der Waals surface area contributed by atoms with E-state index in [1.807, 2.05) is 13.8 Å². The normalized spacial score (nSPS) is 10.8. The predicted molar refractivity (Wildman–Crippen MR) is 73.4 cm³/mol. The van der Waals surface area contributed by atoms with Gasteiger partial charge in [-0.25, -0.2) is 13.2 Å². The van der Waals surface area contributed by atoms with Crippen LogP contribution in [0, 0.1) is 17.5 Å². The third-order valence-corrected chi connectivity index (χ3v) is 2.81. The molecular weight excluding hydrogens is 268 g/mol. The van der Waals surface area contributed by atoms with Crippen molar-refractivity contribution in [2.24, 2.45) is 0 Å². The van der Waals surface area contributed by atoms with Gasteiger partial charge in [0.25, 0.3) is 0 Å². The maximum Gasteiger partial charge on any atom is 0.494 e. The van der Waals surface area contributed by atoms with Crippen molar-refractivity contribution in [1.29, 1.82) is 0 Å². The van der Waals surface area contributed by atoms with Crippen molar-refractivity contribution in [1.82, 2.24) is 0 Å². The summed E-state index contributed by atoms with van der Waals surface area (Å²) in [6.07, 6.45) is 3.52. The van der Waals surface area contributed by atoms with Gasteiger partial charge in [0, 0.05) is 13.2 Å². The molecule has 0 aliphatic heterocycles. The second kappa shape index (κ2) is 9.03. The van der Waals surface area contributed by atoms with Crippen LogP contribution in [0.4, 0.5) is 13.2 Å². The molecule has 0 saturated heterocycles. The van der Waals surface area contributed by atoms with E-state index in [0.717, 1.165) is 37.8 Å². The largest absolute Gasteiger partial charge is 0.494 e. The van der Waals surface area contributed by atoms with E-state index < -0.39 is 24.6 Å². The van der Waals surface area contributed by atoms with Gasteiger partial charge < -0.3 is 9.31 Å². The molecule has 0 heterocycles. The number of unbranched alkanes of at least 4 members (excludes halogenated alkanes) is 2. The van der Waals surface area contributed by atoms with Crippen molar-refractivity contribution in [2.45, 2.75) is 39.5 Å². The molecule has 0 saturated carbocycles. The lowest BCUT2D eigenvalue weighted by molar-refractivity contribution is 0.202. The Bertz CT molecular complexity index is 382. The molecule has 0 aliphatic carbocycles. The zero-order chi connectivity index (χ0) is 15.0. The van der Waals surface area contributed by atoms with Gasteiger partial charge in [0.15, 0.2) is 17.5 Å². The van der Waals surface area contributed by atoms with Crippen LogP contribution in [0.1, 0.15) is 39.5 Å². The summed E-state index contributed by atoms with van der Waals surface area (Å²) in [5, 5.41) is 0. The van der Waals surface area contributed by atoms with Crippen molar-refractivity contribution >= 4 is 12.6 Å². The van der Waals surface area contributed by atoms with Crippen LogP contribution in [-0.2, 0) is 9.31 Å². The van der Waals surface area contributed by atoms with Gasteiger partial charge in [-0.05, 0) is 30.4 Å². The molecular formula is C14H20BF3O2. The third kappa shape index (κ3) is 5.17. The highest BCUT2D eigenvalue weighted by Crippen LogP contribution is 2.09. The van der Waals surface area contributed by atoms with Crippen molar-refractivity contribution in [3.8, 4) is 0 Å². The summed E-state index contributed by atoms with van der Waals surface area (Å²) in [7, 11) is -0.863. The molecule has 20 heavy (non-hydrogen) atoms. The highest BCUT2D eigenvalue weighted by Gasteiger charge is 2.24. The molecule has 0 bridgehead atoms. The number of halogens is 3. The molecule has 1 aromatic carbocycles. The summed E-state index contributed by atoms with van der Waals surface area (Å²) in [6.45, 7) is 4.86. The number of benzene rings is 1. The van der Waals surface area contributed by atoms with Crippen LogP contribution in [0.2, 0.25) is 0 Å². The van der Waals surface area contributed by atoms with Crippen LogP contribution < -0.4 is 5.46 Å². The van der Waals surface area contributed by atoms with E-state index in [9.17, 15) is 13.2 Å². The van der Waals surface area contributed by atoms with Gasteiger partial charge in [-0.1, -0.05) is 26.7 Å². The Balaban J connectivity index is 2.79. The summed E-state index contributed by atoms with van der Waals surface area (Å²) in [4.78, 5) is 0. The molecule has 0 spiro atoms. The smallest absolute Gasteiger partial charge is 0.407 e. The average Bonchev–Trinajstić information content (AvgIpc) is 2.43. The van der Waals surface area contributed by atoms with Crippen LogP contribution in [0.15, 0.2) is 12.1 Å². The first-order valence-electron chi connectivity index (χ1n) is 6.97. The summed E-state index contributed by atoms with van der Waals surface area (Å²) in [5.41, 5.74) is 0.161. The SMILES string of the molecule is CCCCOB(OCCCC)c1cc(F)c(F)c(F)c1. The number of hydrogen-bond donors (Lipinski definition) is 0. The number of hydrogen-bond acceptors (Lipinski definition) is 2. The molecule has 0 aliphatic rings. The summed E-state index contributed by atoms with van der Waals surface area (Å²) >= 11 is 0. The number of rotatable bonds is 9. The van der Waals surface area contributed by atoms with Crippen molar-refractivity contribution in [3.63, 3.8) is 0 Å². The molecule has 0 N–H and O–H groups in total. The lowest BCUT2D eigenvalue weighted by atomic mass is 9.78. The van der Waals surface area contributed by atoms with Gasteiger partial charge in [0.05, 0.1) is 0 Å². The van der Waals surface area contributed by atoms with Gasteiger partial charge in [0.2, 0.25) is 0 Å². The lowest BCUT2D eigenvalue weighted by Crippen LogP contribution is -2.38. The first kappa shape index (κ1) is 17.0. The molecule has 0 unspecified atom stereocenters. The minimum atomic E-state index is -1.48. The first-order valence-corrected chi connectivity index (χ1v) is 6.97. The molecule has 2 nitrogen and oxygen atoms in total. The van der Waals surface area contributed by atoms with Crippen molar-refractivity contribution < 1.29 is 22.5 Å². The van der Waals surface area contributed by atoms with E-state index in [2.05, 4.69) is 0 Å². The van der Waals surface area contributed by atoms with Gasteiger partial charge in [0.1, 0.15) is 0 Å². The Kier molecular flexibility index (Phi) is 7.69. The fourth-order valence-electron chi connectivity index (χ4n) is 1.62. The molecule has 0 atom stereocenters. The topological polar surface area (TPSA) is 18.5 Å². The van der Waals surface area contributed by atoms with Crippen LogP contribution in [0.5, 0.6) is 0 Å². The molecule has 0 amide bonds. The van der Waals surface area contributed by atoms with E-state index in [-0.39, 0.29) is 5.46 Å². The maximum absolute atomic E-state index is 13.3. The van der Waals surface area contributed by atoms with Crippen LogP contribution in [-0.4, -0.2) is 20.3 Å². The second-order valence-electron chi connectivity index (χ2n) is 4.58. The van der Waals surface area contributed by atoms with E-state index in [1.165, 1.54) is 0 Å². The predicted octanol–water partition coefficient (Wildman–Crippen LogP) is 3.43. The molecule has 0 radical (unpaired) electrons. The first-order chi connectivity index (χ1) is 9.60. The van der Waals surface area contributed by atoms with Gasteiger partial charge in [-0.2, -0.15) is 0 Å². The Morgan fingerprint density at radius 1 is 0.900 bits per heavy atom. The van der Waals surface area contributed by atoms with E-state index in [1.54, 1.807) is 0 Å². The fraction of sp³-hybridized carbons (Fsp3) is 0.571. The lowest BCUT2D eigenvalue weighted by Gasteiger charge is -2.15. The highest BCUT2D eigenvalue weighted by molar-refractivity contribution is 6.61. The second-order valence-corrected chi connectivity index (χ2v) is 4.58. The quantitative estimate of drug-likeness (QED) is 0.394. The zero-order valence-corrected chi connectivity index (χ0v) is 11.9. The Labute approximate surface area is 118 Å². The minimum Gasteiger partial charge on any atom is -0.407 e. The van der Waals surface area contributed by atoms with Gasteiger partial charge >= 0.3 is 7.12 Å². The van der Waals surface area contributed by atoms with Crippen LogP contribution in [0.3, 0.4) is 0 Å². The standard InChI is InChI=1S/C14H20BF3O2/c1-3-5-7-19-15(20-8-6-4-2)11-9-12(16)14(18)13(17)10-11/h9-10H,3-8H2,1-2H3. The van der Waals surface area contributed by atoms with Crippen LogP contribution in [0.25, 0.3) is 0 Å². The minimum absolute atomic E-state index is 0.161. The summed E-state index contributed by atoms with van der Waals surface area (Å²) in [6, 6.07) is 1.84. The van der Waals surface area contributed by atoms with E-state index >= 15 is 0 Å². The fourth-order valence-corrected chi connectivity index (χ4v) is 1.62. The monoisotopic (exact) mass is 288 g/mol. The molecule has 0 fully saturated rings. The molecule has 6 heteroatoms. The van der Waals surface area contributed by atoms with Crippen molar-refractivity contribution in [3.05, 3.63) is 29.6 Å². The van der Waals surface area contributed by atoms with E-state index in [4.69, 9.17) is 9.31 Å². The Morgan fingerprint density at radius 2 is 1.35 bits per heavy atom. The third-order valence-electron chi connectivity index (χ3n) is 2.81. The molecule has 1 aromatic rings. The maximum atomic E-state index is 13.3. The zero-order valence-electron chi connectivity index (χ0n) is 11.9. The summed E-state index contributed by atoms with van der Waals surface area (Å²) < 4.78 is 50.4. The van der Waals surface area contributed by atoms with Gasteiger partial charge in [-0.3, -0.25) is 0 Å². The van der Waals surface area contributed by atoms with E-state index in [0.29, 0.717) is 13.2 Å². The molecule has 112 valence electrons. The molecule has 1 rings (SSSR count).